The fourth-order valence-corrected chi connectivity index (χ4v) is 13.3. The lowest BCUT2D eigenvalue weighted by molar-refractivity contribution is -0.155. The molecule has 0 radical (unpaired) electrons. The largest absolute Gasteiger partial charge is 0.481 e. The van der Waals surface area contributed by atoms with Crippen molar-refractivity contribution in [2.75, 3.05) is 0 Å². The SMILES string of the molecule is C/C=C\C(=O)[C@@]1(O)CC2C[C@H](C(=O)O)C[C@H](C)C2[C@@H]1C(=O)[C@]12C(=O)NC(=O)[C@]1(CCCCCC)[C@]21C(=O)C(Cl)=C([C@H]2[C@H](C)[C@]23C(=O)C(Cl)=C(/C=C/C)C3=O)C1=O. The van der Waals surface area contributed by atoms with Crippen molar-refractivity contribution in [3.05, 3.63) is 45.5 Å². The maximum absolute atomic E-state index is 15.9. The van der Waals surface area contributed by atoms with Crippen LogP contribution in [-0.4, -0.2) is 68.3 Å². The Morgan fingerprint density at radius 1 is 0.875 bits per heavy atom. The van der Waals surface area contributed by atoms with Crippen molar-refractivity contribution in [3.8, 4) is 0 Å². The number of nitrogens with one attached hydrogen (secondary N) is 1. The van der Waals surface area contributed by atoms with Crippen molar-refractivity contribution in [2.24, 2.45) is 63.1 Å². The minimum Gasteiger partial charge on any atom is -0.481 e. The van der Waals surface area contributed by atoms with E-state index in [1.54, 1.807) is 13.8 Å². The van der Waals surface area contributed by atoms with E-state index in [1.807, 2.05) is 6.92 Å². The van der Waals surface area contributed by atoms with E-state index < -0.39 is 132 Å². The van der Waals surface area contributed by atoms with Crippen molar-refractivity contribution in [3.63, 3.8) is 0 Å². The number of carbonyl (C=O) groups is 9. The van der Waals surface area contributed by atoms with Crippen LogP contribution < -0.4 is 5.32 Å². The van der Waals surface area contributed by atoms with Gasteiger partial charge in [-0.1, -0.05) is 87.9 Å². The first-order valence-corrected chi connectivity index (χ1v) is 20.2. The van der Waals surface area contributed by atoms with Crippen LogP contribution in [0.15, 0.2) is 45.5 Å². The predicted octanol–water partition coefficient (Wildman–Crippen LogP) is 4.53. The highest BCUT2D eigenvalue weighted by Crippen LogP contribution is 2.88. The molecule has 12 nitrogen and oxygen atoms in total. The second kappa shape index (κ2) is 13.1. The number of piperidine rings is 1. The third kappa shape index (κ3) is 4.33. The number of hydrogen-bond donors (Lipinski definition) is 3. The summed E-state index contributed by atoms with van der Waals surface area (Å²) in [6.45, 7) is 8.33. The van der Waals surface area contributed by atoms with Crippen LogP contribution in [0.4, 0.5) is 0 Å². The molecule has 0 aromatic carbocycles. The van der Waals surface area contributed by atoms with Crippen molar-refractivity contribution >= 4 is 75.7 Å². The van der Waals surface area contributed by atoms with Crippen LogP contribution in [0.2, 0.25) is 0 Å². The first kappa shape index (κ1) is 40.3. The Hall–Kier alpha value is -3.87. The van der Waals surface area contributed by atoms with E-state index in [9.17, 15) is 39.0 Å². The van der Waals surface area contributed by atoms with E-state index in [1.165, 1.54) is 32.1 Å². The number of halogens is 2. The fourth-order valence-electron chi connectivity index (χ4n) is 12.7. The molecule has 0 aromatic heterocycles. The number of aliphatic carboxylic acids is 1. The molecule has 0 bridgehead atoms. The van der Waals surface area contributed by atoms with Crippen LogP contribution in [0.3, 0.4) is 0 Å². The first-order chi connectivity index (χ1) is 26.3. The molecule has 2 spiro atoms. The Balaban J connectivity index is 1.41. The monoisotopic (exact) mass is 809 g/mol. The molecule has 1 aliphatic heterocycles. The molecule has 2 amide bonds. The van der Waals surface area contributed by atoms with Crippen molar-refractivity contribution in [1.82, 2.24) is 5.32 Å². The number of Topliss-reactive ketones (excluding diaryl/α,β-unsaturated/α-hetero) is 5. The Labute approximate surface area is 333 Å². The maximum atomic E-state index is 15.9. The van der Waals surface area contributed by atoms with Gasteiger partial charge in [0.15, 0.2) is 34.7 Å². The number of carboxylic acids is 1. The highest BCUT2D eigenvalue weighted by molar-refractivity contribution is 6.57. The zero-order valence-electron chi connectivity index (χ0n) is 31.8. The molecule has 7 aliphatic rings. The highest BCUT2D eigenvalue weighted by atomic mass is 35.5. The number of hydrogen-bond acceptors (Lipinski definition) is 10. The topological polar surface area (TPSA) is 206 Å². The summed E-state index contributed by atoms with van der Waals surface area (Å²) >= 11 is 13.2. The van der Waals surface area contributed by atoms with Gasteiger partial charge in [0.1, 0.15) is 21.8 Å². The van der Waals surface area contributed by atoms with Gasteiger partial charge in [0.25, 0.3) is 0 Å². The summed E-state index contributed by atoms with van der Waals surface area (Å²) < 4.78 is 0. The highest BCUT2D eigenvalue weighted by Gasteiger charge is 3.05. The molecule has 6 aliphatic carbocycles. The summed E-state index contributed by atoms with van der Waals surface area (Å²) in [5, 5.41) is 23.6. The van der Waals surface area contributed by atoms with Gasteiger partial charge in [0, 0.05) is 17.1 Å². The number of carbonyl (C=O) groups excluding carboxylic acids is 8. The van der Waals surface area contributed by atoms with E-state index in [0.29, 0.717) is 12.8 Å². The summed E-state index contributed by atoms with van der Waals surface area (Å²) in [5.74, 6) is -15.8. The van der Waals surface area contributed by atoms with Gasteiger partial charge >= 0.3 is 5.97 Å². The van der Waals surface area contributed by atoms with E-state index in [-0.39, 0.29) is 42.7 Å². The van der Waals surface area contributed by atoms with Crippen LogP contribution in [0.5, 0.6) is 0 Å². The van der Waals surface area contributed by atoms with Gasteiger partial charge < -0.3 is 10.2 Å². The van der Waals surface area contributed by atoms with Crippen molar-refractivity contribution in [1.29, 1.82) is 0 Å². The van der Waals surface area contributed by atoms with Gasteiger partial charge in [-0.15, -0.1) is 0 Å². The van der Waals surface area contributed by atoms with Gasteiger partial charge in [0.05, 0.1) is 27.3 Å². The third-order valence-electron chi connectivity index (χ3n) is 14.8. The molecule has 5 fully saturated rings. The van der Waals surface area contributed by atoms with Crippen LogP contribution in [0.25, 0.3) is 0 Å². The number of carboxylic acid groups (broad SMARTS) is 1. The smallest absolute Gasteiger partial charge is 0.306 e. The number of ketones is 6. The average molecular weight is 811 g/mol. The first-order valence-electron chi connectivity index (χ1n) is 19.5. The molecular formula is C42H45Cl2NO11. The second-order valence-corrected chi connectivity index (χ2v) is 17.8. The number of amides is 2. The van der Waals surface area contributed by atoms with Crippen molar-refractivity contribution < 1.29 is 53.4 Å². The molecule has 56 heavy (non-hydrogen) atoms. The summed E-state index contributed by atoms with van der Waals surface area (Å²) in [7, 11) is 0. The Morgan fingerprint density at radius 3 is 2.16 bits per heavy atom. The Bertz CT molecular complexity index is 2100. The molecule has 1 saturated heterocycles. The second-order valence-electron chi connectivity index (χ2n) is 17.1. The predicted molar refractivity (Wildman–Crippen MR) is 199 cm³/mol. The zero-order valence-corrected chi connectivity index (χ0v) is 33.3. The summed E-state index contributed by atoms with van der Waals surface area (Å²) in [6, 6.07) is 0. The lowest BCUT2D eigenvalue weighted by Gasteiger charge is -2.39. The number of allylic oxidation sites excluding steroid dienone is 7. The summed E-state index contributed by atoms with van der Waals surface area (Å²) in [5.41, 5.74) is -12.6. The van der Waals surface area contributed by atoms with Gasteiger partial charge in [-0.05, 0) is 69.3 Å². The molecule has 298 valence electrons. The van der Waals surface area contributed by atoms with E-state index in [2.05, 4.69) is 5.32 Å². The van der Waals surface area contributed by atoms with Crippen LogP contribution in [-0.2, 0) is 43.2 Å². The van der Waals surface area contributed by atoms with Crippen LogP contribution in [0, 0.1) is 63.1 Å². The third-order valence-corrected chi connectivity index (χ3v) is 15.6. The minimum atomic E-state index is -2.74. The number of aliphatic hydroxyl groups is 1. The lowest BCUT2D eigenvalue weighted by Crippen LogP contribution is -2.54. The fraction of sp³-hybridized carbons (Fsp3) is 0.595. The van der Waals surface area contributed by atoms with Gasteiger partial charge in [-0.25, -0.2) is 0 Å². The molecule has 3 N–H and O–H groups in total. The number of rotatable bonds is 12. The molecular weight excluding hydrogens is 765 g/mol. The van der Waals surface area contributed by atoms with Gasteiger partial charge in [-0.2, -0.15) is 0 Å². The Morgan fingerprint density at radius 2 is 1.55 bits per heavy atom. The quantitative estimate of drug-likeness (QED) is 0.108. The van der Waals surface area contributed by atoms with Gasteiger partial charge in [-0.3, -0.25) is 48.5 Å². The lowest BCUT2D eigenvalue weighted by atomic mass is 9.63. The van der Waals surface area contributed by atoms with E-state index in [0.717, 1.165) is 12.5 Å². The molecule has 7 rings (SSSR count). The molecule has 12 atom stereocenters. The molecule has 0 aromatic rings. The maximum Gasteiger partial charge on any atom is 0.306 e. The molecule has 2 unspecified atom stereocenters. The zero-order chi connectivity index (χ0) is 41.2. The van der Waals surface area contributed by atoms with Gasteiger partial charge in [0.2, 0.25) is 11.8 Å². The summed E-state index contributed by atoms with van der Waals surface area (Å²) in [4.78, 5) is 129. The number of imide groups is 1. The molecule has 1 heterocycles. The number of fused-ring (bicyclic) bond motifs is 4. The molecule has 4 saturated carbocycles. The average Bonchev–Trinajstić information content (AvgIpc) is 3.76. The standard InChI is InChI=1S/C42H45Cl2NO11/c1-6-9-10-11-14-39-36(54)45-37(55)42(39,32(49)27-24-18(4)15-20(35(52)53)16-21(24)17-38(27,56)23(46)13-8-3)41(39)31(48)25(29(44)34(41)51)26-19(5)40(26)30(47)22(12-7-2)28(43)33(40)50/h7-8,12-13,18-21,24,26-27,56H,6,9-11,14-17H2,1-5H3,(H,52,53)(H,45,54,55)/b12-7+,13-8-/t18-,19-,20+,21?,24?,26+,27+,38-,39+,40-,41-,42-/m0/s1. The minimum absolute atomic E-state index is 0.0237. The van der Waals surface area contributed by atoms with Crippen molar-refractivity contribution in [2.45, 2.75) is 91.6 Å². The number of unbranched alkanes of at least 4 members (excludes halogenated alkanes) is 3. The normalized spacial score (nSPS) is 42.6. The van der Waals surface area contributed by atoms with Crippen LogP contribution >= 0.6 is 23.2 Å². The summed E-state index contributed by atoms with van der Waals surface area (Å²) in [6.07, 6.45) is 7.03. The van der Waals surface area contributed by atoms with E-state index >= 15 is 14.4 Å². The van der Waals surface area contributed by atoms with Crippen LogP contribution in [0.1, 0.15) is 86.0 Å². The van der Waals surface area contributed by atoms with E-state index in [4.69, 9.17) is 23.2 Å². The molecule has 14 heteroatoms. The Kier molecular flexibility index (Phi) is 9.42.